The Labute approximate surface area is 159 Å². The summed E-state index contributed by atoms with van der Waals surface area (Å²) in [6.45, 7) is 5.64. The van der Waals surface area contributed by atoms with Gasteiger partial charge in [-0.1, -0.05) is 0 Å². The summed E-state index contributed by atoms with van der Waals surface area (Å²) in [5, 5.41) is 7.93. The molecule has 1 aliphatic heterocycles. The van der Waals surface area contributed by atoms with Gasteiger partial charge in [0.2, 0.25) is 0 Å². The van der Waals surface area contributed by atoms with E-state index in [1.54, 1.807) is 18.5 Å². The molecule has 27 heavy (non-hydrogen) atoms. The van der Waals surface area contributed by atoms with E-state index in [1.807, 2.05) is 6.20 Å². The molecule has 7 nitrogen and oxygen atoms in total. The number of carbonyl (C=O) groups excluding carboxylic acids is 1. The monoisotopic (exact) mass is 369 g/mol. The number of anilines is 2. The van der Waals surface area contributed by atoms with E-state index in [0.29, 0.717) is 17.3 Å². The number of hydrogen-bond acceptors (Lipinski definition) is 6. The highest BCUT2D eigenvalue weighted by Crippen LogP contribution is 2.33. The van der Waals surface area contributed by atoms with E-state index in [1.165, 1.54) is 26.5 Å². The van der Waals surface area contributed by atoms with Crippen molar-refractivity contribution in [3.63, 3.8) is 0 Å². The molecule has 1 N–H and O–H groups in total. The topological polar surface area (TPSA) is 72.3 Å². The van der Waals surface area contributed by atoms with Crippen molar-refractivity contribution in [1.82, 2.24) is 19.7 Å². The number of carbonyl (C=O) groups is 1. The van der Waals surface area contributed by atoms with Gasteiger partial charge in [0.1, 0.15) is 0 Å². The van der Waals surface area contributed by atoms with Crippen molar-refractivity contribution in [1.29, 1.82) is 0 Å². The summed E-state index contributed by atoms with van der Waals surface area (Å²) in [5.74, 6) is 0.570. The maximum atomic E-state index is 12.0. The second kappa shape index (κ2) is 7.68. The Hall–Kier alpha value is -2.41. The zero-order valence-electron chi connectivity index (χ0n) is 16.0. The molecule has 2 aromatic heterocycles. The summed E-state index contributed by atoms with van der Waals surface area (Å²) in [4.78, 5) is 18.7. The quantitative estimate of drug-likeness (QED) is 0.789. The van der Waals surface area contributed by atoms with Gasteiger partial charge in [0.05, 0.1) is 48.2 Å². The van der Waals surface area contributed by atoms with Gasteiger partial charge in [0.25, 0.3) is 0 Å². The van der Waals surface area contributed by atoms with Crippen LogP contribution in [0.2, 0.25) is 0 Å². The molecule has 7 heteroatoms. The Bertz CT molecular complexity index is 806. The Morgan fingerprint density at radius 2 is 2.00 bits per heavy atom. The number of piperidine rings is 1. The Morgan fingerprint density at radius 3 is 2.70 bits per heavy atom. The summed E-state index contributed by atoms with van der Waals surface area (Å²) in [6, 6.07) is 2.09. The third-order valence-electron chi connectivity index (χ3n) is 5.66. The van der Waals surface area contributed by atoms with E-state index in [2.05, 4.69) is 31.9 Å². The fourth-order valence-electron chi connectivity index (χ4n) is 3.85. The Morgan fingerprint density at radius 1 is 1.22 bits per heavy atom. The van der Waals surface area contributed by atoms with Crippen LogP contribution < -0.4 is 5.32 Å². The molecule has 3 heterocycles. The number of rotatable bonds is 6. The fraction of sp³-hybridized carbons (Fsp3) is 0.550. The Kier molecular flexibility index (Phi) is 5.11. The van der Waals surface area contributed by atoms with Crippen molar-refractivity contribution >= 4 is 17.3 Å². The van der Waals surface area contributed by atoms with E-state index in [9.17, 15) is 4.79 Å². The van der Waals surface area contributed by atoms with Gasteiger partial charge in [-0.25, -0.2) is 4.79 Å². The first-order valence-electron chi connectivity index (χ1n) is 9.71. The van der Waals surface area contributed by atoms with Crippen molar-refractivity contribution in [2.24, 2.45) is 5.92 Å². The number of hydrogen-bond donors (Lipinski definition) is 1. The molecule has 0 amide bonds. The lowest BCUT2D eigenvalue weighted by atomic mass is 10.0. The van der Waals surface area contributed by atoms with Gasteiger partial charge >= 0.3 is 5.97 Å². The number of nitrogens with one attached hydrogen (secondary N) is 1. The first kappa shape index (κ1) is 18.0. The third-order valence-corrected chi connectivity index (χ3v) is 5.66. The van der Waals surface area contributed by atoms with Gasteiger partial charge in [-0.2, -0.15) is 5.10 Å². The maximum absolute atomic E-state index is 12.0. The van der Waals surface area contributed by atoms with E-state index >= 15 is 0 Å². The standard InChI is InChI=1S/C20H27N5O2/c1-14-18(23-19-11-21-8-5-17(19)20(26)27-2)12-22-25(14)16-6-9-24(10-7-16)13-15-3-4-15/h5,8,11-12,15-16,23H,3-4,6-7,9-10,13H2,1-2H3. The SMILES string of the molecule is COC(=O)c1ccncc1Nc1cnn(C2CCN(CC3CC3)CC2)c1C. The summed E-state index contributed by atoms with van der Waals surface area (Å²) >= 11 is 0. The zero-order chi connectivity index (χ0) is 18.8. The highest BCUT2D eigenvalue weighted by Gasteiger charge is 2.28. The van der Waals surface area contributed by atoms with Crippen LogP contribution in [0.5, 0.6) is 0 Å². The maximum Gasteiger partial charge on any atom is 0.340 e. The van der Waals surface area contributed by atoms with Crippen molar-refractivity contribution in [2.45, 2.75) is 38.6 Å². The lowest BCUT2D eigenvalue weighted by Crippen LogP contribution is -2.36. The molecule has 0 atom stereocenters. The largest absolute Gasteiger partial charge is 0.465 e. The van der Waals surface area contributed by atoms with Crippen molar-refractivity contribution in [3.8, 4) is 0 Å². The van der Waals surface area contributed by atoms with Crippen LogP contribution in [0.4, 0.5) is 11.4 Å². The Balaban J connectivity index is 1.44. The average molecular weight is 369 g/mol. The molecule has 2 aliphatic rings. The van der Waals surface area contributed by atoms with Gasteiger partial charge < -0.3 is 15.0 Å². The van der Waals surface area contributed by atoms with Crippen LogP contribution in [-0.2, 0) is 4.74 Å². The minimum absolute atomic E-state index is 0.382. The number of pyridine rings is 1. The molecule has 0 spiro atoms. The minimum atomic E-state index is -0.382. The van der Waals surface area contributed by atoms with Gasteiger partial charge in [0, 0.05) is 25.8 Å². The predicted molar refractivity (Wildman–Crippen MR) is 103 cm³/mol. The van der Waals surface area contributed by atoms with Crippen LogP contribution in [0, 0.1) is 12.8 Å². The van der Waals surface area contributed by atoms with Crippen molar-refractivity contribution in [3.05, 3.63) is 35.9 Å². The molecular formula is C20H27N5O2. The molecule has 1 saturated heterocycles. The van der Waals surface area contributed by atoms with Crippen LogP contribution in [0.1, 0.15) is 47.8 Å². The lowest BCUT2D eigenvalue weighted by molar-refractivity contribution is 0.0602. The molecule has 0 radical (unpaired) electrons. The third kappa shape index (κ3) is 3.98. The zero-order valence-corrected chi connectivity index (χ0v) is 16.0. The minimum Gasteiger partial charge on any atom is -0.465 e. The highest BCUT2D eigenvalue weighted by molar-refractivity contribution is 5.96. The number of likely N-dealkylation sites (tertiary alicyclic amines) is 1. The summed E-state index contributed by atoms with van der Waals surface area (Å²) in [5.41, 5.74) is 3.07. The predicted octanol–water partition coefficient (Wildman–Crippen LogP) is 3.16. The molecule has 0 bridgehead atoms. The van der Waals surface area contributed by atoms with Crippen LogP contribution in [-0.4, -0.2) is 52.4 Å². The van der Waals surface area contributed by atoms with Crippen LogP contribution in [0.25, 0.3) is 0 Å². The van der Waals surface area contributed by atoms with Gasteiger partial charge in [0.15, 0.2) is 0 Å². The van der Waals surface area contributed by atoms with E-state index < -0.39 is 0 Å². The first-order valence-corrected chi connectivity index (χ1v) is 9.71. The molecule has 1 saturated carbocycles. The molecule has 0 aromatic carbocycles. The number of esters is 1. The normalized spacial score (nSPS) is 18.4. The van der Waals surface area contributed by atoms with Gasteiger partial charge in [-0.05, 0) is 44.6 Å². The summed E-state index contributed by atoms with van der Waals surface area (Å²) in [7, 11) is 1.38. The van der Waals surface area contributed by atoms with Gasteiger partial charge in [-0.3, -0.25) is 9.67 Å². The summed E-state index contributed by atoms with van der Waals surface area (Å²) < 4.78 is 6.98. The van der Waals surface area contributed by atoms with E-state index in [-0.39, 0.29) is 5.97 Å². The molecule has 2 fully saturated rings. The molecule has 144 valence electrons. The lowest BCUT2D eigenvalue weighted by Gasteiger charge is -2.32. The number of aromatic nitrogens is 3. The van der Waals surface area contributed by atoms with Crippen LogP contribution in [0.15, 0.2) is 24.7 Å². The van der Waals surface area contributed by atoms with Crippen molar-refractivity contribution < 1.29 is 9.53 Å². The molecule has 2 aromatic rings. The summed E-state index contributed by atoms with van der Waals surface area (Å²) in [6.07, 6.45) is 10.1. The van der Waals surface area contributed by atoms with Crippen molar-refractivity contribution in [2.75, 3.05) is 32.1 Å². The fourth-order valence-corrected chi connectivity index (χ4v) is 3.85. The molecule has 0 unspecified atom stereocenters. The first-order chi connectivity index (χ1) is 13.2. The number of ether oxygens (including phenoxy) is 1. The van der Waals surface area contributed by atoms with Gasteiger partial charge in [-0.15, -0.1) is 0 Å². The number of methoxy groups -OCH3 is 1. The van der Waals surface area contributed by atoms with Crippen LogP contribution >= 0.6 is 0 Å². The van der Waals surface area contributed by atoms with Crippen LogP contribution in [0.3, 0.4) is 0 Å². The average Bonchev–Trinajstić information content (AvgIpc) is 3.45. The second-order valence-corrected chi connectivity index (χ2v) is 7.60. The second-order valence-electron chi connectivity index (χ2n) is 7.60. The van der Waals surface area contributed by atoms with E-state index in [4.69, 9.17) is 4.74 Å². The molecule has 4 rings (SSSR count). The molecular weight excluding hydrogens is 342 g/mol. The molecule has 1 aliphatic carbocycles. The highest BCUT2D eigenvalue weighted by atomic mass is 16.5. The smallest absolute Gasteiger partial charge is 0.340 e. The van der Waals surface area contributed by atoms with E-state index in [0.717, 1.165) is 43.2 Å². The number of nitrogens with zero attached hydrogens (tertiary/aromatic N) is 4.